The first-order valence-electron chi connectivity index (χ1n) is 8.71. The van der Waals surface area contributed by atoms with Gasteiger partial charge in [0.05, 0.1) is 0 Å². The topological polar surface area (TPSA) is 26.0 Å². The van der Waals surface area contributed by atoms with E-state index in [0.29, 0.717) is 12.8 Å². The average molecular weight is 351 g/mol. The highest BCUT2D eigenvalue weighted by molar-refractivity contribution is 5.24. The first kappa shape index (κ1) is 20.9. The Kier molecular flexibility index (Phi) is 9.91. The van der Waals surface area contributed by atoms with E-state index in [4.69, 9.17) is 5.73 Å². The van der Waals surface area contributed by atoms with Crippen molar-refractivity contribution in [3.8, 4) is 0 Å². The number of rotatable bonds is 12. The molecular formula is C18H26F5N. The van der Waals surface area contributed by atoms with E-state index in [0.717, 1.165) is 38.6 Å². The number of halogens is 5. The van der Waals surface area contributed by atoms with Crippen molar-refractivity contribution in [3.05, 3.63) is 34.6 Å². The predicted octanol–water partition coefficient (Wildman–Crippen LogP) is 5.78. The third kappa shape index (κ3) is 6.38. The van der Waals surface area contributed by atoms with Crippen LogP contribution in [-0.2, 0) is 6.42 Å². The highest BCUT2D eigenvalue weighted by Crippen LogP contribution is 2.24. The smallest absolute Gasteiger partial charge is 0.200 e. The maximum atomic E-state index is 13.5. The van der Waals surface area contributed by atoms with Gasteiger partial charge in [-0.2, -0.15) is 0 Å². The van der Waals surface area contributed by atoms with Crippen LogP contribution in [0.2, 0.25) is 0 Å². The minimum atomic E-state index is -2.10. The lowest BCUT2D eigenvalue weighted by Crippen LogP contribution is -2.07. The molecule has 138 valence electrons. The Morgan fingerprint density at radius 3 is 1.21 bits per heavy atom. The van der Waals surface area contributed by atoms with Crippen LogP contribution < -0.4 is 5.73 Å². The van der Waals surface area contributed by atoms with Gasteiger partial charge in [-0.1, -0.05) is 51.4 Å². The van der Waals surface area contributed by atoms with E-state index in [9.17, 15) is 22.0 Å². The van der Waals surface area contributed by atoms with Crippen molar-refractivity contribution in [1.29, 1.82) is 0 Å². The van der Waals surface area contributed by atoms with Crippen molar-refractivity contribution in [1.82, 2.24) is 0 Å². The molecule has 0 aromatic heterocycles. The molecule has 1 aromatic rings. The van der Waals surface area contributed by atoms with E-state index in [2.05, 4.69) is 0 Å². The van der Waals surface area contributed by atoms with Crippen molar-refractivity contribution in [3.63, 3.8) is 0 Å². The number of nitrogens with two attached hydrogens (primary N) is 1. The second-order valence-electron chi connectivity index (χ2n) is 6.12. The number of benzene rings is 1. The minimum absolute atomic E-state index is 0.134. The lowest BCUT2D eigenvalue weighted by atomic mass is 10.0. The quantitative estimate of drug-likeness (QED) is 0.219. The fourth-order valence-electron chi connectivity index (χ4n) is 2.73. The molecule has 2 N–H and O–H groups in total. The summed E-state index contributed by atoms with van der Waals surface area (Å²) in [6.45, 7) is 0.739. The standard InChI is InChI=1S/C18H26F5N/c19-14-13(15(20)17(22)18(23)16(14)21)11-9-7-5-3-1-2-4-6-8-10-12-24/h1-12,24H2. The van der Waals surface area contributed by atoms with Crippen LogP contribution in [0, 0.1) is 29.1 Å². The Balaban J connectivity index is 2.20. The molecule has 1 rings (SSSR count). The van der Waals surface area contributed by atoms with E-state index >= 15 is 0 Å². The largest absolute Gasteiger partial charge is 0.330 e. The summed E-state index contributed by atoms with van der Waals surface area (Å²) in [5.74, 6) is -9.23. The van der Waals surface area contributed by atoms with Gasteiger partial charge in [0.25, 0.3) is 0 Å². The summed E-state index contributed by atoms with van der Waals surface area (Å²) in [6, 6.07) is 0. The molecule has 0 unspecified atom stereocenters. The monoisotopic (exact) mass is 351 g/mol. The van der Waals surface area contributed by atoms with Gasteiger partial charge < -0.3 is 5.73 Å². The highest BCUT2D eigenvalue weighted by atomic mass is 19.2. The van der Waals surface area contributed by atoms with Crippen molar-refractivity contribution in [2.75, 3.05) is 6.54 Å². The molecule has 0 fully saturated rings. The summed E-state index contributed by atoms with van der Waals surface area (Å²) in [6.07, 6.45) is 9.78. The lowest BCUT2D eigenvalue weighted by Gasteiger charge is -2.08. The molecule has 0 bridgehead atoms. The normalized spacial score (nSPS) is 11.2. The third-order valence-corrected chi connectivity index (χ3v) is 4.18. The summed E-state index contributed by atoms with van der Waals surface area (Å²) in [5.41, 5.74) is 4.71. The summed E-state index contributed by atoms with van der Waals surface area (Å²) in [5, 5.41) is 0. The van der Waals surface area contributed by atoms with Crippen molar-refractivity contribution in [2.24, 2.45) is 5.73 Å². The van der Waals surface area contributed by atoms with Gasteiger partial charge in [0.1, 0.15) is 0 Å². The second-order valence-corrected chi connectivity index (χ2v) is 6.12. The summed E-state index contributed by atoms with van der Waals surface area (Å²) in [7, 11) is 0. The first-order chi connectivity index (χ1) is 11.5. The fourth-order valence-corrected chi connectivity index (χ4v) is 2.73. The van der Waals surface area contributed by atoms with Crippen LogP contribution in [0.4, 0.5) is 22.0 Å². The molecule has 0 aliphatic rings. The van der Waals surface area contributed by atoms with Crippen molar-refractivity contribution >= 4 is 0 Å². The molecule has 0 heterocycles. The minimum Gasteiger partial charge on any atom is -0.330 e. The Morgan fingerprint density at radius 2 is 0.792 bits per heavy atom. The van der Waals surface area contributed by atoms with Crippen LogP contribution in [-0.4, -0.2) is 6.54 Å². The van der Waals surface area contributed by atoms with Gasteiger partial charge in [0.15, 0.2) is 23.3 Å². The zero-order chi connectivity index (χ0) is 17.9. The molecule has 0 saturated heterocycles. The number of unbranched alkanes of at least 4 members (excludes halogenated alkanes) is 9. The molecule has 0 radical (unpaired) electrons. The molecule has 1 aromatic carbocycles. The molecule has 0 aliphatic heterocycles. The van der Waals surface area contributed by atoms with Crippen LogP contribution in [0.1, 0.15) is 69.8 Å². The van der Waals surface area contributed by atoms with Gasteiger partial charge in [-0.15, -0.1) is 0 Å². The summed E-state index contributed by atoms with van der Waals surface area (Å²) < 4.78 is 66.0. The molecule has 0 spiro atoms. The van der Waals surface area contributed by atoms with E-state index in [1.807, 2.05) is 0 Å². The van der Waals surface area contributed by atoms with E-state index in [1.54, 1.807) is 0 Å². The Hall–Kier alpha value is -1.17. The van der Waals surface area contributed by atoms with Gasteiger partial charge in [-0.05, 0) is 25.8 Å². The van der Waals surface area contributed by atoms with Crippen LogP contribution in [0.15, 0.2) is 0 Å². The van der Waals surface area contributed by atoms with Crippen LogP contribution in [0.5, 0.6) is 0 Å². The Morgan fingerprint density at radius 1 is 0.458 bits per heavy atom. The molecule has 24 heavy (non-hydrogen) atoms. The summed E-state index contributed by atoms with van der Waals surface area (Å²) in [4.78, 5) is 0. The van der Waals surface area contributed by atoms with Crippen LogP contribution in [0.3, 0.4) is 0 Å². The van der Waals surface area contributed by atoms with Gasteiger partial charge in [-0.25, -0.2) is 22.0 Å². The zero-order valence-corrected chi connectivity index (χ0v) is 14.0. The second kappa shape index (κ2) is 11.4. The number of hydrogen-bond acceptors (Lipinski definition) is 1. The molecule has 0 aliphatic carbocycles. The summed E-state index contributed by atoms with van der Waals surface area (Å²) >= 11 is 0. The molecule has 0 amide bonds. The average Bonchev–Trinajstić information content (AvgIpc) is 2.58. The van der Waals surface area contributed by atoms with E-state index < -0.39 is 34.6 Å². The fraction of sp³-hybridized carbons (Fsp3) is 0.667. The predicted molar refractivity (Wildman–Crippen MR) is 85.2 cm³/mol. The lowest BCUT2D eigenvalue weighted by molar-refractivity contribution is 0.368. The molecule has 0 atom stereocenters. The maximum absolute atomic E-state index is 13.5. The van der Waals surface area contributed by atoms with Gasteiger partial charge in [0, 0.05) is 5.56 Å². The van der Waals surface area contributed by atoms with E-state index in [1.165, 1.54) is 19.3 Å². The molecule has 0 saturated carbocycles. The Labute approximate surface area is 140 Å². The molecular weight excluding hydrogens is 325 g/mol. The number of hydrogen-bond donors (Lipinski definition) is 1. The van der Waals surface area contributed by atoms with Crippen LogP contribution in [0.25, 0.3) is 0 Å². The van der Waals surface area contributed by atoms with Crippen molar-refractivity contribution < 1.29 is 22.0 Å². The zero-order valence-electron chi connectivity index (χ0n) is 14.0. The SMILES string of the molecule is NCCCCCCCCCCCCc1c(F)c(F)c(F)c(F)c1F. The van der Waals surface area contributed by atoms with Gasteiger partial charge >= 0.3 is 0 Å². The Bertz CT molecular complexity index is 476. The highest BCUT2D eigenvalue weighted by Gasteiger charge is 2.24. The first-order valence-corrected chi connectivity index (χ1v) is 8.71. The van der Waals surface area contributed by atoms with Crippen molar-refractivity contribution in [2.45, 2.75) is 70.6 Å². The van der Waals surface area contributed by atoms with Gasteiger partial charge in [0.2, 0.25) is 5.82 Å². The third-order valence-electron chi connectivity index (χ3n) is 4.18. The van der Waals surface area contributed by atoms with Gasteiger partial charge in [-0.3, -0.25) is 0 Å². The van der Waals surface area contributed by atoms with E-state index in [-0.39, 0.29) is 6.42 Å². The maximum Gasteiger partial charge on any atom is 0.200 e. The molecule has 6 heteroatoms. The van der Waals surface area contributed by atoms with Crippen LogP contribution >= 0.6 is 0 Å². The molecule has 1 nitrogen and oxygen atoms in total.